The number of halogens is 1. The smallest absolute Gasteiger partial charge is 0.0410 e. The fourth-order valence-corrected chi connectivity index (χ4v) is 3.84. The predicted molar refractivity (Wildman–Crippen MR) is 77.3 cm³/mol. The summed E-state index contributed by atoms with van der Waals surface area (Å²) in [6.45, 7) is 3.14. The SMILES string of the molecule is NCCc1cc(Cl)ccc1N1CC2CCCC2C1. The number of benzene rings is 1. The molecule has 1 aliphatic heterocycles. The number of anilines is 1. The van der Waals surface area contributed by atoms with Crippen LogP contribution in [-0.4, -0.2) is 19.6 Å². The molecule has 1 aliphatic carbocycles. The fourth-order valence-electron chi connectivity index (χ4n) is 3.65. The van der Waals surface area contributed by atoms with Crippen LogP contribution < -0.4 is 10.6 Å². The van der Waals surface area contributed by atoms with E-state index in [0.29, 0.717) is 6.54 Å². The molecule has 1 aromatic rings. The summed E-state index contributed by atoms with van der Waals surface area (Å²) in [5.74, 6) is 1.85. The summed E-state index contributed by atoms with van der Waals surface area (Å²) >= 11 is 6.10. The lowest BCUT2D eigenvalue weighted by Gasteiger charge is -2.23. The van der Waals surface area contributed by atoms with Gasteiger partial charge in [0.1, 0.15) is 0 Å². The lowest BCUT2D eigenvalue weighted by molar-refractivity contribution is 0.494. The van der Waals surface area contributed by atoms with Gasteiger partial charge in [-0.1, -0.05) is 18.0 Å². The predicted octanol–water partition coefficient (Wildman–Crippen LogP) is 3.08. The van der Waals surface area contributed by atoms with Crippen molar-refractivity contribution in [2.75, 3.05) is 24.5 Å². The first-order valence-corrected chi connectivity index (χ1v) is 7.39. The van der Waals surface area contributed by atoms with E-state index in [1.807, 2.05) is 6.07 Å². The van der Waals surface area contributed by atoms with Crippen molar-refractivity contribution in [3.05, 3.63) is 28.8 Å². The van der Waals surface area contributed by atoms with Gasteiger partial charge in [-0.3, -0.25) is 0 Å². The minimum absolute atomic E-state index is 0.689. The molecule has 1 saturated carbocycles. The molecule has 2 nitrogen and oxygen atoms in total. The maximum atomic E-state index is 6.10. The van der Waals surface area contributed by atoms with Gasteiger partial charge in [0.15, 0.2) is 0 Å². The van der Waals surface area contributed by atoms with Gasteiger partial charge in [-0.05, 0) is 61.4 Å². The highest BCUT2D eigenvalue weighted by Crippen LogP contribution is 2.40. The van der Waals surface area contributed by atoms with E-state index in [-0.39, 0.29) is 0 Å². The molecule has 0 spiro atoms. The first-order valence-electron chi connectivity index (χ1n) is 7.01. The Labute approximate surface area is 114 Å². The van der Waals surface area contributed by atoms with Crippen LogP contribution in [-0.2, 0) is 6.42 Å². The monoisotopic (exact) mass is 264 g/mol. The minimum Gasteiger partial charge on any atom is -0.371 e. The molecule has 2 atom stereocenters. The molecule has 2 fully saturated rings. The maximum Gasteiger partial charge on any atom is 0.0410 e. The van der Waals surface area contributed by atoms with Gasteiger partial charge in [0.2, 0.25) is 0 Å². The van der Waals surface area contributed by atoms with Gasteiger partial charge in [0.25, 0.3) is 0 Å². The van der Waals surface area contributed by atoms with Gasteiger partial charge in [0, 0.05) is 23.8 Å². The summed E-state index contributed by atoms with van der Waals surface area (Å²) in [5, 5.41) is 0.821. The van der Waals surface area contributed by atoms with E-state index >= 15 is 0 Å². The lowest BCUT2D eigenvalue weighted by Crippen LogP contribution is -2.22. The van der Waals surface area contributed by atoms with Crippen LogP contribution in [0, 0.1) is 11.8 Å². The first kappa shape index (κ1) is 12.3. The average molecular weight is 265 g/mol. The molecule has 0 radical (unpaired) electrons. The third-order valence-corrected chi connectivity index (χ3v) is 4.76. The van der Waals surface area contributed by atoms with E-state index in [1.54, 1.807) is 0 Å². The van der Waals surface area contributed by atoms with E-state index in [9.17, 15) is 0 Å². The van der Waals surface area contributed by atoms with Crippen molar-refractivity contribution < 1.29 is 0 Å². The van der Waals surface area contributed by atoms with Gasteiger partial charge in [-0.25, -0.2) is 0 Å². The summed E-state index contributed by atoms with van der Waals surface area (Å²) in [6, 6.07) is 6.26. The third-order valence-electron chi connectivity index (χ3n) is 4.52. The summed E-state index contributed by atoms with van der Waals surface area (Å²) in [4.78, 5) is 2.55. The number of hydrogen-bond donors (Lipinski definition) is 1. The van der Waals surface area contributed by atoms with E-state index in [4.69, 9.17) is 17.3 Å². The highest BCUT2D eigenvalue weighted by molar-refractivity contribution is 6.30. The summed E-state index contributed by atoms with van der Waals surface area (Å²) in [7, 11) is 0. The van der Waals surface area contributed by atoms with Crippen molar-refractivity contribution in [2.45, 2.75) is 25.7 Å². The van der Waals surface area contributed by atoms with Gasteiger partial charge in [0.05, 0.1) is 0 Å². The second-order valence-corrected chi connectivity index (χ2v) is 6.10. The molecule has 2 unspecified atom stereocenters. The van der Waals surface area contributed by atoms with E-state index in [2.05, 4.69) is 17.0 Å². The number of hydrogen-bond acceptors (Lipinski definition) is 2. The standard InChI is InChI=1S/C15H21ClN2/c16-14-4-5-15(11(8-14)6-7-17)18-9-12-2-1-3-13(12)10-18/h4-5,8,12-13H,1-3,6-7,9-10,17H2. The van der Waals surface area contributed by atoms with E-state index in [1.165, 1.54) is 43.6 Å². The molecule has 0 aromatic heterocycles. The van der Waals surface area contributed by atoms with Crippen LogP contribution in [0.25, 0.3) is 0 Å². The van der Waals surface area contributed by atoms with E-state index in [0.717, 1.165) is 23.3 Å². The third kappa shape index (κ3) is 2.24. The Bertz CT molecular complexity index is 421. The molecule has 0 bridgehead atoms. The Balaban J connectivity index is 1.83. The second-order valence-electron chi connectivity index (χ2n) is 5.67. The van der Waals surface area contributed by atoms with Crippen molar-refractivity contribution in [1.29, 1.82) is 0 Å². The normalized spacial score (nSPS) is 26.7. The van der Waals surface area contributed by atoms with Crippen LogP contribution in [0.5, 0.6) is 0 Å². The van der Waals surface area contributed by atoms with Gasteiger partial charge < -0.3 is 10.6 Å². The molecule has 18 heavy (non-hydrogen) atoms. The summed E-state index contributed by atoms with van der Waals surface area (Å²) < 4.78 is 0. The van der Waals surface area contributed by atoms with Gasteiger partial charge in [-0.2, -0.15) is 0 Å². The van der Waals surface area contributed by atoms with Gasteiger partial charge >= 0.3 is 0 Å². The van der Waals surface area contributed by atoms with Crippen molar-refractivity contribution in [3.8, 4) is 0 Å². The maximum absolute atomic E-state index is 6.10. The Kier molecular flexibility index (Phi) is 3.49. The Morgan fingerprint density at radius 1 is 1.22 bits per heavy atom. The molecule has 1 saturated heterocycles. The fraction of sp³-hybridized carbons (Fsp3) is 0.600. The zero-order valence-electron chi connectivity index (χ0n) is 10.7. The highest BCUT2D eigenvalue weighted by Gasteiger charge is 2.36. The van der Waals surface area contributed by atoms with Crippen molar-refractivity contribution in [3.63, 3.8) is 0 Å². The number of fused-ring (bicyclic) bond motifs is 1. The topological polar surface area (TPSA) is 29.3 Å². The molecule has 1 aromatic carbocycles. The molecular formula is C15H21ClN2. The zero-order chi connectivity index (χ0) is 12.5. The molecule has 2 N–H and O–H groups in total. The Morgan fingerprint density at radius 3 is 2.61 bits per heavy atom. The van der Waals surface area contributed by atoms with Crippen LogP contribution in [0.15, 0.2) is 18.2 Å². The molecule has 1 heterocycles. The van der Waals surface area contributed by atoms with Crippen molar-refractivity contribution >= 4 is 17.3 Å². The summed E-state index contributed by atoms with van der Waals surface area (Å²) in [5.41, 5.74) is 8.38. The van der Waals surface area contributed by atoms with Crippen molar-refractivity contribution in [1.82, 2.24) is 0 Å². The van der Waals surface area contributed by atoms with Gasteiger partial charge in [-0.15, -0.1) is 0 Å². The highest BCUT2D eigenvalue weighted by atomic mass is 35.5. The largest absolute Gasteiger partial charge is 0.371 e. The van der Waals surface area contributed by atoms with Crippen molar-refractivity contribution in [2.24, 2.45) is 17.6 Å². The quantitative estimate of drug-likeness (QED) is 0.909. The molecule has 3 rings (SSSR count). The molecular weight excluding hydrogens is 244 g/mol. The first-order chi connectivity index (χ1) is 8.78. The lowest BCUT2D eigenvalue weighted by atomic mass is 10.0. The van der Waals surface area contributed by atoms with Crippen LogP contribution >= 0.6 is 11.6 Å². The Hall–Kier alpha value is -0.730. The number of nitrogens with zero attached hydrogens (tertiary/aromatic N) is 1. The minimum atomic E-state index is 0.689. The van der Waals surface area contributed by atoms with Crippen LogP contribution in [0.4, 0.5) is 5.69 Å². The van der Waals surface area contributed by atoms with Crippen LogP contribution in [0.3, 0.4) is 0 Å². The van der Waals surface area contributed by atoms with E-state index < -0.39 is 0 Å². The molecule has 98 valence electrons. The zero-order valence-corrected chi connectivity index (χ0v) is 11.5. The van der Waals surface area contributed by atoms with Crippen LogP contribution in [0.2, 0.25) is 5.02 Å². The van der Waals surface area contributed by atoms with Crippen LogP contribution in [0.1, 0.15) is 24.8 Å². The summed E-state index contributed by atoms with van der Waals surface area (Å²) in [6.07, 6.45) is 5.18. The molecule has 0 amide bonds. The number of nitrogens with two attached hydrogens (primary N) is 1. The second kappa shape index (κ2) is 5.10. The molecule has 2 aliphatic rings. The average Bonchev–Trinajstić information content (AvgIpc) is 2.90. The Morgan fingerprint density at radius 2 is 1.94 bits per heavy atom. The molecule has 3 heteroatoms. The number of rotatable bonds is 3.